The van der Waals surface area contributed by atoms with Crippen molar-refractivity contribution in [3.8, 4) is 0 Å². The lowest BCUT2D eigenvalue weighted by Gasteiger charge is -2.26. The molecule has 0 saturated heterocycles. The van der Waals surface area contributed by atoms with Gasteiger partial charge in [-0.2, -0.15) is 0 Å². The highest BCUT2D eigenvalue weighted by atomic mass is 35.5. The molecular weight excluding hydrogens is 255 g/mol. The summed E-state index contributed by atoms with van der Waals surface area (Å²) in [6.07, 6.45) is 2.54. The summed E-state index contributed by atoms with van der Waals surface area (Å²) in [5, 5.41) is 0.657. The second kappa shape index (κ2) is 5.45. The Morgan fingerprint density at radius 2 is 2.12 bits per heavy atom. The number of pyridine rings is 1. The topological polar surface area (TPSA) is 16.1 Å². The summed E-state index contributed by atoms with van der Waals surface area (Å²) in [6.45, 7) is 5.50. The lowest BCUT2D eigenvalue weighted by atomic mass is 10.2. The Morgan fingerprint density at radius 1 is 1.41 bits per heavy atom. The zero-order valence-electron chi connectivity index (χ0n) is 10.3. The maximum absolute atomic E-state index is 6.04. The van der Waals surface area contributed by atoms with Crippen molar-refractivity contribution in [3.63, 3.8) is 0 Å². The largest absolute Gasteiger partial charge is 0.353 e. The van der Waals surface area contributed by atoms with Crippen molar-refractivity contribution < 1.29 is 0 Å². The highest BCUT2D eigenvalue weighted by Crippen LogP contribution is 2.32. The van der Waals surface area contributed by atoms with E-state index in [-0.39, 0.29) is 0 Å². The Kier molecular flexibility index (Phi) is 4.16. The van der Waals surface area contributed by atoms with E-state index in [2.05, 4.69) is 23.7 Å². The van der Waals surface area contributed by atoms with Gasteiger partial charge in [0.15, 0.2) is 0 Å². The summed E-state index contributed by atoms with van der Waals surface area (Å²) < 4.78 is 0. The monoisotopic (exact) mass is 272 g/mol. The van der Waals surface area contributed by atoms with Gasteiger partial charge in [0.2, 0.25) is 0 Å². The molecule has 0 amide bonds. The van der Waals surface area contributed by atoms with Gasteiger partial charge >= 0.3 is 0 Å². The molecule has 2 nitrogen and oxygen atoms in total. The predicted molar refractivity (Wildman–Crippen MR) is 74.0 cm³/mol. The molecule has 1 aliphatic rings. The molecular formula is C13H18Cl2N2. The SMILES string of the molecule is CC(C)CN(c1ccc(Cl)c(CCl)n1)C1CC1. The van der Waals surface area contributed by atoms with E-state index in [1.54, 1.807) is 0 Å². The van der Waals surface area contributed by atoms with E-state index >= 15 is 0 Å². The number of aromatic nitrogens is 1. The first kappa shape index (κ1) is 13.0. The van der Waals surface area contributed by atoms with E-state index in [1.165, 1.54) is 12.8 Å². The molecule has 1 saturated carbocycles. The minimum Gasteiger partial charge on any atom is -0.353 e. The first-order chi connectivity index (χ1) is 8.11. The molecule has 0 radical (unpaired) electrons. The predicted octanol–water partition coefficient (Wildman–Crippen LogP) is 4.10. The number of hydrogen-bond acceptors (Lipinski definition) is 2. The van der Waals surface area contributed by atoms with Crippen LogP contribution < -0.4 is 4.90 Å². The number of alkyl halides is 1. The van der Waals surface area contributed by atoms with Crippen LogP contribution in [0.15, 0.2) is 12.1 Å². The zero-order chi connectivity index (χ0) is 12.4. The third-order valence-electron chi connectivity index (χ3n) is 2.87. The lowest BCUT2D eigenvalue weighted by molar-refractivity contribution is 0.602. The normalized spacial score (nSPS) is 15.4. The van der Waals surface area contributed by atoms with Crippen molar-refractivity contribution in [2.45, 2.75) is 38.6 Å². The first-order valence-corrected chi connectivity index (χ1v) is 7.01. The number of nitrogens with zero attached hydrogens (tertiary/aromatic N) is 2. The van der Waals surface area contributed by atoms with E-state index in [0.29, 0.717) is 22.9 Å². The van der Waals surface area contributed by atoms with Gasteiger partial charge in [-0.05, 0) is 30.9 Å². The minimum absolute atomic E-state index is 0.368. The standard InChI is InChI=1S/C13H18Cl2N2/c1-9(2)8-17(10-3-4-10)13-6-5-11(15)12(7-14)16-13/h5-6,9-10H,3-4,7-8H2,1-2H3. The van der Waals surface area contributed by atoms with Crippen molar-refractivity contribution in [2.24, 2.45) is 5.92 Å². The van der Waals surface area contributed by atoms with Crippen LogP contribution in [0.25, 0.3) is 0 Å². The highest BCUT2D eigenvalue weighted by molar-refractivity contribution is 6.32. The first-order valence-electron chi connectivity index (χ1n) is 6.10. The molecule has 0 unspecified atom stereocenters. The fourth-order valence-electron chi connectivity index (χ4n) is 1.94. The summed E-state index contributed by atoms with van der Waals surface area (Å²) in [7, 11) is 0. The van der Waals surface area contributed by atoms with Gasteiger partial charge in [-0.3, -0.25) is 0 Å². The third kappa shape index (κ3) is 3.26. The molecule has 17 heavy (non-hydrogen) atoms. The van der Waals surface area contributed by atoms with Crippen LogP contribution in [0.4, 0.5) is 5.82 Å². The molecule has 0 atom stereocenters. The molecule has 0 bridgehead atoms. The van der Waals surface area contributed by atoms with Crippen LogP contribution in [-0.4, -0.2) is 17.6 Å². The quantitative estimate of drug-likeness (QED) is 0.751. The summed E-state index contributed by atoms with van der Waals surface area (Å²) >= 11 is 11.9. The number of rotatable bonds is 5. The van der Waals surface area contributed by atoms with Crippen molar-refractivity contribution in [3.05, 3.63) is 22.8 Å². The van der Waals surface area contributed by atoms with Crippen LogP contribution in [0, 0.1) is 5.92 Å². The van der Waals surface area contributed by atoms with Crippen LogP contribution in [0.2, 0.25) is 5.02 Å². The highest BCUT2D eigenvalue weighted by Gasteiger charge is 2.30. The van der Waals surface area contributed by atoms with Crippen molar-refractivity contribution in [1.82, 2.24) is 4.98 Å². The second-order valence-corrected chi connectivity index (χ2v) is 5.68. The number of anilines is 1. The Labute approximate surface area is 113 Å². The number of hydrogen-bond donors (Lipinski definition) is 0. The second-order valence-electron chi connectivity index (χ2n) is 5.01. The van der Waals surface area contributed by atoms with E-state index in [1.807, 2.05) is 12.1 Å². The van der Waals surface area contributed by atoms with Crippen LogP contribution in [0.3, 0.4) is 0 Å². The Balaban J connectivity index is 2.22. The van der Waals surface area contributed by atoms with Crippen molar-refractivity contribution in [1.29, 1.82) is 0 Å². The maximum Gasteiger partial charge on any atom is 0.129 e. The maximum atomic E-state index is 6.04. The van der Waals surface area contributed by atoms with Gasteiger partial charge in [0, 0.05) is 12.6 Å². The molecule has 0 aliphatic heterocycles. The fraction of sp³-hybridized carbons (Fsp3) is 0.615. The van der Waals surface area contributed by atoms with Gasteiger partial charge in [0.25, 0.3) is 0 Å². The van der Waals surface area contributed by atoms with Gasteiger partial charge in [0.05, 0.1) is 16.6 Å². The fourth-order valence-corrected chi connectivity index (χ4v) is 2.38. The molecule has 1 heterocycles. The lowest BCUT2D eigenvalue weighted by Crippen LogP contribution is -2.30. The summed E-state index contributed by atoms with van der Waals surface area (Å²) in [5.41, 5.74) is 0.778. The molecule has 0 spiro atoms. The van der Waals surface area contributed by atoms with E-state index in [4.69, 9.17) is 23.2 Å². The molecule has 1 fully saturated rings. The third-order valence-corrected chi connectivity index (χ3v) is 3.47. The number of halogens is 2. The molecule has 1 aromatic heterocycles. The van der Waals surface area contributed by atoms with E-state index in [9.17, 15) is 0 Å². The molecule has 0 N–H and O–H groups in total. The minimum atomic E-state index is 0.368. The molecule has 4 heteroatoms. The molecule has 0 aromatic carbocycles. The van der Waals surface area contributed by atoms with Crippen LogP contribution in [-0.2, 0) is 5.88 Å². The molecule has 1 aromatic rings. The summed E-state index contributed by atoms with van der Waals surface area (Å²) in [5.74, 6) is 2.01. The van der Waals surface area contributed by atoms with E-state index < -0.39 is 0 Å². The summed E-state index contributed by atoms with van der Waals surface area (Å²) in [6, 6.07) is 4.56. The van der Waals surface area contributed by atoms with Crippen LogP contribution in [0.1, 0.15) is 32.4 Å². The van der Waals surface area contributed by atoms with E-state index in [0.717, 1.165) is 18.1 Å². The van der Waals surface area contributed by atoms with Crippen molar-refractivity contribution >= 4 is 29.0 Å². The smallest absolute Gasteiger partial charge is 0.129 e. The van der Waals surface area contributed by atoms with Gasteiger partial charge in [-0.15, -0.1) is 11.6 Å². The van der Waals surface area contributed by atoms with Crippen LogP contribution in [0.5, 0.6) is 0 Å². The molecule has 2 rings (SSSR count). The molecule has 1 aliphatic carbocycles. The van der Waals surface area contributed by atoms with Crippen molar-refractivity contribution in [2.75, 3.05) is 11.4 Å². The zero-order valence-corrected chi connectivity index (χ0v) is 11.8. The average molecular weight is 273 g/mol. The van der Waals surface area contributed by atoms with Crippen LogP contribution >= 0.6 is 23.2 Å². The Bertz CT molecular complexity index is 389. The Morgan fingerprint density at radius 3 is 2.65 bits per heavy atom. The average Bonchev–Trinajstić information content (AvgIpc) is 3.10. The van der Waals surface area contributed by atoms with Gasteiger partial charge < -0.3 is 4.90 Å². The van der Waals surface area contributed by atoms with Gasteiger partial charge in [-0.1, -0.05) is 25.4 Å². The summed E-state index contributed by atoms with van der Waals surface area (Å²) in [4.78, 5) is 6.95. The Hall–Kier alpha value is -0.470. The van der Waals surface area contributed by atoms with Gasteiger partial charge in [0.1, 0.15) is 5.82 Å². The van der Waals surface area contributed by atoms with Gasteiger partial charge in [-0.25, -0.2) is 4.98 Å². The molecule has 94 valence electrons.